The van der Waals surface area contributed by atoms with Crippen LogP contribution in [0.1, 0.15) is 37.1 Å². The summed E-state index contributed by atoms with van der Waals surface area (Å²) in [6.07, 6.45) is 7.97. The molecule has 20 heavy (non-hydrogen) atoms. The van der Waals surface area contributed by atoms with E-state index in [1.54, 1.807) is 12.0 Å². The number of nitrogens with zero attached hydrogens (tertiary/aromatic N) is 3. The van der Waals surface area contributed by atoms with Gasteiger partial charge in [0.15, 0.2) is 0 Å². The lowest BCUT2D eigenvalue weighted by Gasteiger charge is -2.11. The van der Waals surface area contributed by atoms with Crippen molar-refractivity contribution in [2.75, 3.05) is 0 Å². The predicted octanol–water partition coefficient (Wildman–Crippen LogP) is 3.19. The second-order valence-electron chi connectivity index (χ2n) is 5.59. The van der Waals surface area contributed by atoms with E-state index in [1.165, 1.54) is 31.4 Å². The minimum Gasteiger partial charge on any atom is -0.506 e. The van der Waals surface area contributed by atoms with Gasteiger partial charge >= 0.3 is 0 Å². The first-order valence-electron chi connectivity index (χ1n) is 7.16. The van der Waals surface area contributed by atoms with E-state index in [1.807, 2.05) is 26.4 Å². The molecule has 1 aliphatic rings. The van der Waals surface area contributed by atoms with Crippen LogP contribution in [0, 0.1) is 12.8 Å². The molecule has 2 aromatic rings. The summed E-state index contributed by atoms with van der Waals surface area (Å²) in [5, 5.41) is 9.60. The van der Waals surface area contributed by atoms with Crippen LogP contribution in [-0.4, -0.2) is 19.6 Å². The Morgan fingerprint density at radius 2 is 2.00 bits per heavy atom. The highest BCUT2D eigenvalue weighted by atomic mass is 16.3. The highest BCUT2D eigenvalue weighted by Gasteiger charge is 2.21. The second-order valence-corrected chi connectivity index (χ2v) is 5.59. The molecule has 0 bridgehead atoms. The molecular weight excluding hydrogens is 250 g/mol. The first-order valence-corrected chi connectivity index (χ1v) is 7.16. The molecule has 0 aliphatic heterocycles. The first kappa shape index (κ1) is 13.2. The lowest BCUT2D eigenvalue weighted by Crippen LogP contribution is -2.04. The third-order valence-corrected chi connectivity index (χ3v) is 4.09. The monoisotopic (exact) mass is 270 g/mol. The van der Waals surface area contributed by atoms with E-state index in [0.29, 0.717) is 5.69 Å². The van der Waals surface area contributed by atoms with Crippen molar-refractivity contribution in [1.29, 1.82) is 0 Å². The van der Waals surface area contributed by atoms with Gasteiger partial charge in [-0.05, 0) is 44.2 Å². The molecule has 3 rings (SSSR count). The average Bonchev–Trinajstić information content (AvgIpc) is 3.05. The summed E-state index contributed by atoms with van der Waals surface area (Å²) in [5.74, 6) is 1.85. The van der Waals surface area contributed by atoms with Gasteiger partial charge in [-0.2, -0.15) is 0 Å². The van der Waals surface area contributed by atoms with Crippen molar-refractivity contribution in [3.05, 3.63) is 35.8 Å². The fourth-order valence-corrected chi connectivity index (χ4v) is 2.85. The molecule has 2 heterocycles. The van der Waals surface area contributed by atoms with E-state index in [0.717, 1.165) is 17.8 Å². The smallest absolute Gasteiger partial charge is 0.136 e. The van der Waals surface area contributed by atoms with Gasteiger partial charge in [-0.3, -0.25) is 0 Å². The zero-order chi connectivity index (χ0) is 14.1. The zero-order valence-corrected chi connectivity index (χ0v) is 12.1. The minimum absolute atomic E-state index is 0.233. The Hall–Kier alpha value is -1.84. The first-order chi connectivity index (χ1) is 9.65. The van der Waals surface area contributed by atoms with Crippen LogP contribution in [0.25, 0.3) is 11.4 Å². The maximum atomic E-state index is 9.60. The van der Waals surface area contributed by atoms with Crippen LogP contribution in [-0.2, 0) is 13.5 Å². The van der Waals surface area contributed by atoms with Gasteiger partial charge in [0.2, 0.25) is 0 Å². The maximum Gasteiger partial charge on any atom is 0.136 e. The SMILES string of the molecule is Cc1nc(-c2ncn(C)c2C[C]2CCCC2)ccc1O. The Morgan fingerprint density at radius 1 is 1.25 bits per heavy atom. The Balaban J connectivity index is 1.94. The molecule has 1 N–H and O–H groups in total. The molecule has 0 saturated heterocycles. The Kier molecular flexibility index (Phi) is 3.47. The molecular formula is C16H20N3O. The van der Waals surface area contributed by atoms with E-state index in [9.17, 15) is 5.11 Å². The van der Waals surface area contributed by atoms with E-state index in [4.69, 9.17) is 0 Å². The topological polar surface area (TPSA) is 50.9 Å². The Bertz CT molecular complexity index is 612. The minimum atomic E-state index is 0.233. The summed E-state index contributed by atoms with van der Waals surface area (Å²) in [7, 11) is 2.04. The molecule has 2 aromatic heterocycles. The summed E-state index contributed by atoms with van der Waals surface area (Å²) >= 11 is 0. The third-order valence-electron chi connectivity index (χ3n) is 4.09. The fraction of sp³-hybridized carbons (Fsp3) is 0.438. The molecule has 1 saturated carbocycles. The molecule has 1 aliphatic carbocycles. The second kappa shape index (κ2) is 5.27. The third kappa shape index (κ3) is 2.42. The molecule has 4 heteroatoms. The highest BCUT2D eigenvalue weighted by Crippen LogP contribution is 2.33. The lowest BCUT2D eigenvalue weighted by molar-refractivity contribution is 0.468. The van der Waals surface area contributed by atoms with Gasteiger partial charge in [0.25, 0.3) is 0 Å². The van der Waals surface area contributed by atoms with Crippen LogP contribution in [0.5, 0.6) is 5.75 Å². The van der Waals surface area contributed by atoms with Crippen molar-refractivity contribution in [2.24, 2.45) is 7.05 Å². The van der Waals surface area contributed by atoms with Gasteiger partial charge in [0.05, 0.1) is 17.7 Å². The number of rotatable bonds is 3. The molecule has 1 fully saturated rings. The summed E-state index contributed by atoms with van der Waals surface area (Å²) < 4.78 is 2.09. The standard InChI is InChI=1S/C16H20N3O/c1-11-15(20)8-7-13(18-11)16-14(19(2)10-17-16)9-12-5-3-4-6-12/h7-8,10,20H,3-6,9H2,1-2H3. The summed E-state index contributed by atoms with van der Waals surface area (Å²) in [5.41, 5.74) is 3.65. The molecule has 0 atom stereocenters. The van der Waals surface area contributed by atoms with E-state index in [-0.39, 0.29) is 5.75 Å². The average molecular weight is 270 g/mol. The van der Waals surface area contributed by atoms with Crippen molar-refractivity contribution in [3.8, 4) is 17.1 Å². The van der Waals surface area contributed by atoms with Gasteiger partial charge in [0, 0.05) is 12.7 Å². The largest absolute Gasteiger partial charge is 0.506 e. The lowest BCUT2D eigenvalue weighted by atomic mass is 9.99. The maximum absolute atomic E-state index is 9.60. The van der Waals surface area contributed by atoms with Gasteiger partial charge in [0.1, 0.15) is 11.4 Å². The van der Waals surface area contributed by atoms with Gasteiger partial charge in [-0.15, -0.1) is 0 Å². The number of hydrogen-bond donors (Lipinski definition) is 1. The van der Waals surface area contributed by atoms with Gasteiger partial charge < -0.3 is 9.67 Å². The van der Waals surface area contributed by atoms with Gasteiger partial charge in [-0.1, -0.05) is 12.8 Å². The number of aromatic nitrogens is 3. The van der Waals surface area contributed by atoms with Crippen LogP contribution in [0.4, 0.5) is 0 Å². The van der Waals surface area contributed by atoms with Crippen molar-refractivity contribution < 1.29 is 5.11 Å². The number of hydrogen-bond acceptors (Lipinski definition) is 3. The summed E-state index contributed by atoms with van der Waals surface area (Å²) in [6.45, 7) is 1.81. The van der Waals surface area contributed by atoms with E-state index in [2.05, 4.69) is 14.5 Å². The molecule has 1 radical (unpaired) electrons. The predicted molar refractivity (Wildman–Crippen MR) is 78.3 cm³/mol. The number of aryl methyl sites for hydroxylation is 2. The van der Waals surface area contributed by atoms with Crippen LogP contribution >= 0.6 is 0 Å². The van der Waals surface area contributed by atoms with Crippen molar-refractivity contribution in [3.63, 3.8) is 0 Å². The molecule has 105 valence electrons. The van der Waals surface area contributed by atoms with Crippen LogP contribution in [0.3, 0.4) is 0 Å². The molecule has 4 nitrogen and oxygen atoms in total. The molecule has 0 unspecified atom stereocenters. The summed E-state index contributed by atoms with van der Waals surface area (Å²) in [6, 6.07) is 3.53. The molecule has 0 aromatic carbocycles. The van der Waals surface area contributed by atoms with Crippen molar-refractivity contribution >= 4 is 0 Å². The van der Waals surface area contributed by atoms with Gasteiger partial charge in [-0.25, -0.2) is 9.97 Å². The van der Waals surface area contributed by atoms with Crippen LogP contribution in [0.15, 0.2) is 18.5 Å². The number of imidazole rings is 1. The number of aromatic hydroxyl groups is 1. The molecule has 0 spiro atoms. The van der Waals surface area contributed by atoms with Crippen LogP contribution < -0.4 is 0 Å². The van der Waals surface area contributed by atoms with Crippen molar-refractivity contribution in [1.82, 2.24) is 14.5 Å². The van der Waals surface area contributed by atoms with Crippen LogP contribution in [0.2, 0.25) is 0 Å². The molecule has 0 amide bonds. The van der Waals surface area contributed by atoms with Crippen molar-refractivity contribution in [2.45, 2.75) is 39.0 Å². The quantitative estimate of drug-likeness (QED) is 0.932. The fourth-order valence-electron chi connectivity index (χ4n) is 2.85. The number of pyridine rings is 1. The summed E-state index contributed by atoms with van der Waals surface area (Å²) in [4.78, 5) is 8.96. The van der Waals surface area contributed by atoms with E-state index < -0.39 is 0 Å². The highest BCUT2D eigenvalue weighted by molar-refractivity contribution is 5.59. The Labute approximate surface area is 119 Å². The van der Waals surface area contributed by atoms with E-state index >= 15 is 0 Å². The normalized spacial score (nSPS) is 15.9. The zero-order valence-electron chi connectivity index (χ0n) is 12.1. The Morgan fingerprint density at radius 3 is 2.70 bits per heavy atom.